The lowest BCUT2D eigenvalue weighted by atomic mass is 9.68. The lowest BCUT2D eigenvalue weighted by Gasteiger charge is -2.35. The topological polar surface area (TPSA) is 77.3 Å². The number of aromatic nitrogens is 6. The Bertz CT molecular complexity index is 2580. The highest BCUT2D eigenvalue weighted by atomic mass is 32.1. The van der Waals surface area contributed by atoms with Gasteiger partial charge in [-0.05, 0) is 59.4 Å². The maximum absolute atomic E-state index is 5.00. The number of hydrogen-bond acceptors (Lipinski definition) is 8. The molecule has 4 aromatic carbocycles. The van der Waals surface area contributed by atoms with Crippen LogP contribution in [0.15, 0.2) is 168 Å². The fraction of sp³-hybridized carbons (Fsp3) is 0.0870. The van der Waals surface area contributed by atoms with Gasteiger partial charge in [0.2, 0.25) is 0 Å². The summed E-state index contributed by atoms with van der Waals surface area (Å²) >= 11 is 3.27. The molecule has 0 amide bonds. The maximum atomic E-state index is 5.00. The van der Waals surface area contributed by atoms with E-state index in [2.05, 4.69) is 91.2 Å². The molecule has 0 N–H and O–H groups in total. The van der Waals surface area contributed by atoms with Gasteiger partial charge in [0.25, 0.3) is 0 Å². The van der Waals surface area contributed by atoms with Crippen LogP contribution in [0.2, 0.25) is 0 Å². The van der Waals surface area contributed by atoms with E-state index in [-0.39, 0.29) is 5.41 Å². The molecule has 8 aromatic rings. The predicted octanol–water partition coefficient (Wildman–Crippen LogP) is 11.6. The SMILES string of the molecule is CC(C1=CC=C(c2nc(-c3ccccc3)nc(-c3cccs3)n2)CC1)(c1ccccc1)c1ccc(-c2nc(-c3ccccc3)nc(-c3cccs3)n2)cc1. The molecule has 0 radical (unpaired) electrons. The lowest BCUT2D eigenvalue weighted by Crippen LogP contribution is -2.27. The smallest absolute Gasteiger partial charge is 0.174 e. The van der Waals surface area contributed by atoms with Gasteiger partial charge in [-0.25, -0.2) is 29.9 Å². The van der Waals surface area contributed by atoms with Crippen molar-refractivity contribution in [3.8, 4) is 55.6 Å². The Morgan fingerprint density at radius 1 is 0.407 bits per heavy atom. The van der Waals surface area contributed by atoms with Gasteiger partial charge in [-0.1, -0.05) is 145 Å². The van der Waals surface area contributed by atoms with Crippen LogP contribution < -0.4 is 0 Å². The summed E-state index contributed by atoms with van der Waals surface area (Å²) in [6.45, 7) is 2.33. The van der Waals surface area contributed by atoms with Crippen LogP contribution in [0.3, 0.4) is 0 Å². The number of hydrogen-bond donors (Lipinski definition) is 0. The molecule has 260 valence electrons. The minimum atomic E-state index is -0.380. The maximum Gasteiger partial charge on any atom is 0.174 e. The van der Waals surface area contributed by atoms with Crippen molar-refractivity contribution in [3.63, 3.8) is 0 Å². The number of allylic oxidation sites excluding steroid dienone is 4. The molecule has 0 spiro atoms. The van der Waals surface area contributed by atoms with E-state index in [0.29, 0.717) is 29.1 Å². The Kier molecular flexibility index (Phi) is 9.12. The third-order valence-corrected chi connectivity index (χ3v) is 11.7. The zero-order chi connectivity index (χ0) is 36.3. The molecule has 1 aliphatic carbocycles. The first-order valence-electron chi connectivity index (χ1n) is 17.9. The molecule has 9 rings (SSSR count). The van der Waals surface area contributed by atoms with Crippen molar-refractivity contribution in [2.45, 2.75) is 25.2 Å². The van der Waals surface area contributed by atoms with E-state index in [1.165, 1.54) is 16.7 Å². The number of thiophene rings is 2. The van der Waals surface area contributed by atoms with E-state index < -0.39 is 0 Å². The first kappa shape index (κ1) is 33.6. The van der Waals surface area contributed by atoms with Gasteiger partial charge in [-0.15, -0.1) is 22.7 Å². The molecule has 1 aliphatic rings. The predicted molar refractivity (Wildman–Crippen MR) is 221 cm³/mol. The highest BCUT2D eigenvalue weighted by molar-refractivity contribution is 7.13. The second kappa shape index (κ2) is 14.7. The standard InChI is InChI=1S/C46H34N6S2/c1-46(35-17-9-4-10-18-35,36-25-21-33(22-26-36)42-47-40(31-13-5-2-6-14-31)49-44(51-42)38-19-11-29-53-38)37-27-23-34(24-28-37)43-48-41(32-15-7-3-8-16-32)50-45(52-43)39-20-12-30-54-39/h2-23,25-27,29-30H,24,28H2,1H3. The molecule has 0 aliphatic heterocycles. The van der Waals surface area contributed by atoms with E-state index >= 15 is 0 Å². The second-order valence-electron chi connectivity index (χ2n) is 13.3. The summed E-state index contributed by atoms with van der Waals surface area (Å²) in [5.74, 6) is 4.11. The van der Waals surface area contributed by atoms with E-state index in [9.17, 15) is 0 Å². The summed E-state index contributed by atoms with van der Waals surface area (Å²) in [5, 5.41) is 4.11. The highest BCUT2D eigenvalue weighted by Gasteiger charge is 2.34. The van der Waals surface area contributed by atoms with Crippen molar-refractivity contribution in [1.82, 2.24) is 29.9 Å². The molecule has 1 unspecified atom stereocenters. The average Bonchev–Trinajstić information content (AvgIpc) is 4.01. The van der Waals surface area contributed by atoms with Crippen LogP contribution in [0.25, 0.3) is 61.1 Å². The van der Waals surface area contributed by atoms with Crippen LogP contribution in [0.5, 0.6) is 0 Å². The summed E-state index contributed by atoms with van der Waals surface area (Å²) in [6.07, 6.45) is 6.16. The molecule has 4 heterocycles. The van der Waals surface area contributed by atoms with Crippen LogP contribution in [0, 0.1) is 0 Å². The minimum Gasteiger partial charge on any atom is -0.209 e. The number of rotatable bonds is 9. The average molecular weight is 735 g/mol. The molecular formula is C46H34N6S2. The van der Waals surface area contributed by atoms with Gasteiger partial charge in [0, 0.05) is 22.1 Å². The van der Waals surface area contributed by atoms with Crippen molar-refractivity contribution < 1.29 is 0 Å². The van der Waals surface area contributed by atoms with Crippen molar-refractivity contribution in [1.29, 1.82) is 0 Å². The van der Waals surface area contributed by atoms with Crippen LogP contribution in [-0.4, -0.2) is 29.9 Å². The molecule has 54 heavy (non-hydrogen) atoms. The molecule has 8 heteroatoms. The molecule has 0 fully saturated rings. The normalized spacial score (nSPS) is 13.9. The molecule has 0 saturated heterocycles. The fourth-order valence-corrected chi connectivity index (χ4v) is 8.31. The molecule has 4 aromatic heterocycles. The van der Waals surface area contributed by atoms with Gasteiger partial charge in [0.15, 0.2) is 34.9 Å². The molecular weight excluding hydrogens is 701 g/mol. The zero-order valence-electron chi connectivity index (χ0n) is 29.5. The van der Waals surface area contributed by atoms with E-state index in [4.69, 9.17) is 29.9 Å². The minimum absolute atomic E-state index is 0.380. The van der Waals surface area contributed by atoms with E-state index in [1.54, 1.807) is 22.7 Å². The van der Waals surface area contributed by atoms with Crippen molar-refractivity contribution in [2.24, 2.45) is 0 Å². The third-order valence-electron chi connectivity index (χ3n) is 9.97. The number of nitrogens with zero attached hydrogens (tertiary/aromatic N) is 6. The Balaban J connectivity index is 1.09. The van der Waals surface area contributed by atoms with Crippen LogP contribution >= 0.6 is 22.7 Å². The summed E-state index contributed by atoms with van der Waals surface area (Å²) in [4.78, 5) is 31.7. The van der Waals surface area contributed by atoms with Crippen molar-refractivity contribution in [3.05, 3.63) is 185 Å². The van der Waals surface area contributed by atoms with Gasteiger partial charge in [0.1, 0.15) is 0 Å². The molecule has 1 atom stereocenters. The van der Waals surface area contributed by atoms with Gasteiger partial charge in [0.05, 0.1) is 9.75 Å². The van der Waals surface area contributed by atoms with Gasteiger partial charge < -0.3 is 0 Å². The Morgan fingerprint density at radius 2 is 0.852 bits per heavy atom. The lowest BCUT2D eigenvalue weighted by molar-refractivity contribution is 0.635. The Labute approximate surface area is 322 Å². The first-order chi connectivity index (χ1) is 26.6. The summed E-state index contributed by atoms with van der Waals surface area (Å²) < 4.78 is 0. The van der Waals surface area contributed by atoms with Crippen LogP contribution in [-0.2, 0) is 5.41 Å². The summed E-state index contributed by atoms with van der Waals surface area (Å²) in [6, 6.07) is 47.9. The van der Waals surface area contributed by atoms with E-state index in [1.807, 2.05) is 78.2 Å². The van der Waals surface area contributed by atoms with Crippen LogP contribution in [0.1, 0.15) is 36.7 Å². The Morgan fingerprint density at radius 3 is 1.33 bits per heavy atom. The van der Waals surface area contributed by atoms with Gasteiger partial charge in [-0.2, -0.15) is 0 Å². The fourth-order valence-electron chi connectivity index (χ4n) is 6.99. The van der Waals surface area contributed by atoms with Gasteiger partial charge in [-0.3, -0.25) is 0 Å². The quantitative estimate of drug-likeness (QED) is 0.147. The third kappa shape index (κ3) is 6.62. The largest absolute Gasteiger partial charge is 0.209 e. The summed E-state index contributed by atoms with van der Waals surface area (Å²) in [7, 11) is 0. The number of benzene rings is 4. The monoisotopic (exact) mass is 734 g/mol. The first-order valence-corrected chi connectivity index (χ1v) is 19.7. The van der Waals surface area contributed by atoms with E-state index in [0.717, 1.165) is 50.7 Å². The van der Waals surface area contributed by atoms with Crippen molar-refractivity contribution in [2.75, 3.05) is 0 Å². The van der Waals surface area contributed by atoms with Crippen molar-refractivity contribution >= 4 is 28.2 Å². The summed E-state index contributed by atoms with van der Waals surface area (Å²) in [5.41, 5.74) is 7.36. The highest BCUT2D eigenvalue weighted by Crippen LogP contribution is 2.44. The zero-order valence-corrected chi connectivity index (χ0v) is 31.1. The molecule has 0 bridgehead atoms. The van der Waals surface area contributed by atoms with Gasteiger partial charge >= 0.3 is 0 Å². The Hall–Kier alpha value is -6.22. The molecule has 0 saturated carbocycles. The molecule has 6 nitrogen and oxygen atoms in total. The second-order valence-corrected chi connectivity index (χ2v) is 15.1. The van der Waals surface area contributed by atoms with Crippen LogP contribution in [0.4, 0.5) is 0 Å².